The Bertz CT molecular complexity index is 351. The number of rotatable bonds is 0. The van der Waals surface area contributed by atoms with Crippen molar-refractivity contribution >= 4 is 10.8 Å². The van der Waals surface area contributed by atoms with E-state index < -0.39 is 0 Å². The molecule has 0 N–H and O–H groups in total. The van der Waals surface area contributed by atoms with Gasteiger partial charge in [-0.1, -0.05) is 0 Å². The van der Waals surface area contributed by atoms with E-state index in [0.29, 0.717) is 0 Å². The monoisotopic (exact) mass is 133 g/mol. The molecular weight excluding hydrogens is 126 g/mol. The minimum absolute atomic E-state index is 1.02. The molecule has 0 bridgehead atoms. The van der Waals surface area contributed by atoms with E-state index in [1.165, 1.54) is 0 Å². The molecule has 0 atom stereocenters. The van der Waals surface area contributed by atoms with Gasteiger partial charge in [0.25, 0.3) is 0 Å². The maximum atomic E-state index is 5.01. The Morgan fingerprint density at radius 1 is 1.40 bits per heavy atom. The molecule has 0 saturated heterocycles. The first-order valence-electron chi connectivity index (χ1n) is 3.15. The van der Waals surface area contributed by atoms with E-state index in [2.05, 4.69) is 4.98 Å². The fourth-order valence-corrected chi connectivity index (χ4v) is 1.03. The molecule has 0 fully saturated rings. The standard InChI is InChI=1S/C8H7NO/c1-6-8-5-10-4-7(8)2-3-9-6/h2-5H,1H3. The first-order chi connectivity index (χ1) is 4.88. The molecule has 0 amide bonds. The van der Waals surface area contributed by atoms with Gasteiger partial charge in [-0.05, 0) is 13.0 Å². The van der Waals surface area contributed by atoms with E-state index in [4.69, 9.17) is 4.42 Å². The highest BCUT2D eigenvalue weighted by molar-refractivity contribution is 5.82. The summed E-state index contributed by atoms with van der Waals surface area (Å²) in [6.45, 7) is 1.97. The highest BCUT2D eigenvalue weighted by Gasteiger charge is 1.97. The van der Waals surface area contributed by atoms with Crippen LogP contribution in [0.1, 0.15) is 5.69 Å². The summed E-state index contributed by atoms with van der Waals surface area (Å²) in [7, 11) is 0. The van der Waals surface area contributed by atoms with Crippen LogP contribution in [0.3, 0.4) is 0 Å². The summed E-state index contributed by atoms with van der Waals surface area (Å²) in [6, 6.07) is 1.94. The molecule has 2 heteroatoms. The van der Waals surface area contributed by atoms with Gasteiger partial charge >= 0.3 is 0 Å². The van der Waals surface area contributed by atoms with Gasteiger partial charge in [0.15, 0.2) is 0 Å². The van der Waals surface area contributed by atoms with Gasteiger partial charge in [0, 0.05) is 22.7 Å². The van der Waals surface area contributed by atoms with Crippen LogP contribution in [0.4, 0.5) is 0 Å². The van der Waals surface area contributed by atoms with E-state index >= 15 is 0 Å². The van der Waals surface area contributed by atoms with Crippen LogP contribution in [0, 0.1) is 6.92 Å². The molecule has 0 unspecified atom stereocenters. The Morgan fingerprint density at radius 3 is 3.10 bits per heavy atom. The number of hydrogen-bond donors (Lipinski definition) is 0. The predicted molar refractivity (Wildman–Crippen MR) is 38.7 cm³/mol. The molecule has 0 aliphatic rings. The third-order valence-electron chi connectivity index (χ3n) is 1.60. The number of aromatic nitrogens is 1. The lowest BCUT2D eigenvalue weighted by Crippen LogP contribution is -1.77. The quantitative estimate of drug-likeness (QED) is 0.550. The van der Waals surface area contributed by atoms with Gasteiger partial charge in [-0.25, -0.2) is 0 Å². The molecule has 0 radical (unpaired) electrons. The molecule has 0 aliphatic carbocycles. The molecule has 0 spiro atoms. The Morgan fingerprint density at radius 2 is 2.30 bits per heavy atom. The first kappa shape index (κ1) is 5.47. The van der Waals surface area contributed by atoms with Gasteiger partial charge in [-0.15, -0.1) is 0 Å². The predicted octanol–water partition coefficient (Wildman–Crippen LogP) is 2.14. The summed E-state index contributed by atoms with van der Waals surface area (Å²) >= 11 is 0. The maximum Gasteiger partial charge on any atom is 0.0999 e. The average molecular weight is 133 g/mol. The lowest BCUT2D eigenvalue weighted by Gasteiger charge is -1.89. The third kappa shape index (κ3) is 0.620. The summed E-state index contributed by atoms with van der Waals surface area (Å²) in [5.41, 5.74) is 1.02. The molecule has 2 heterocycles. The number of nitrogens with zero attached hydrogens (tertiary/aromatic N) is 1. The van der Waals surface area contributed by atoms with Crippen molar-refractivity contribution in [2.75, 3.05) is 0 Å². The Hall–Kier alpha value is -1.31. The van der Waals surface area contributed by atoms with Crippen LogP contribution < -0.4 is 0 Å². The highest BCUT2D eigenvalue weighted by Crippen LogP contribution is 2.15. The van der Waals surface area contributed by atoms with Crippen LogP contribution in [-0.2, 0) is 0 Å². The third-order valence-corrected chi connectivity index (χ3v) is 1.60. The van der Waals surface area contributed by atoms with E-state index in [1.54, 1.807) is 18.7 Å². The van der Waals surface area contributed by atoms with E-state index in [1.807, 2.05) is 13.0 Å². The van der Waals surface area contributed by atoms with Crippen LogP contribution in [0.25, 0.3) is 10.8 Å². The van der Waals surface area contributed by atoms with Gasteiger partial charge in [0.1, 0.15) is 0 Å². The van der Waals surface area contributed by atoms with Crippen molar-refractivity contribution in [1.29, 1.82) is 0 Å². The Labute approximate surface area is 58.5 Å². The Balaban J connectivity index is 2.95. The molecule has 2 rings (SSSR count). The van der Waals surface area contributed by atoms with Crippen molar-refractivity contribution in [2.24, 2.45) is 0 Å². The van der Waals surface area contributed by atoms with Crippen LogP contribution in [0.5, 0.6) is 0 Å². The Kier molecular flexibility index (Phi) is 1.01. The number of pyridine rings is 1. The molecule has 0 aromatic carbocycles. The van der Waals surface area contributed by atoms with Crippen LogP contribution in [0.15, 0.2) is 29.2 Å². The molecule has 0 aliphatic heterocycles. The number of aryl methyl sites for hydroxylation is 1. The summed E-state index contributed by atoms with van der Waals surface area (Å²) < 4.78 is 5.01. The van der Waals surface area contributed by atoms with Crippen molar-refractivity contribution in [3.63, 3.8) is 0 Å². The van der Waals surface area contributed by atoms with Gasteiger partial charge in [-0.3, -0.25) is 4.98 Å². The molecule has 2 aromatic heterocycles. The first-order valence-corrected chi connectivity index (χ1v) is 3.15. The number of furan rings is 1. The van der Waals surface area contributed by atoms with Crippen molar-refractivity contribution in [3.8, 4) is 0 Å². The molecule has 2 nitrogen and oxygen atoms in total. The normalized spacial score (nSPS) is 10.5. The van der Waals surface area contributed by atoms with Crippen molar-refractivity contribution in [1.82, 2.24) is 4.98 Å². The summed E-state index contributed by atoms with van der Waals surface area (Å²) in [5, 5.41) is 2.22. The second kappa shape index (κ2) is 1.84. The summed E-state index contributed by atoms with van der Waals surface area (Å²) in [4.78, 5) is 4.12. The summed E-state index contributed by atoms with van der Waals surface area (Å²) in [6.07, 6.45) is 5.23. The molecule has 50 valence electrons. The fraction of sp³-hybridized carbons (Fsp3) is 0.125. The smallest absolute Gasteiger partial charge is 0.0999 e. The van der Waals surface area contributed by atoms with E-state index in [0.717, 1.165) is 16.5 Å². The van der Waals surface area contributed by atoms with Crippen LogP contribution in [0.2, 0.25) is 0 Å². The SMILES string of the molecule is Cc1nccc2cocc12. The molecular formula is C8H7NO. The molecule has 0 saturated carbocycles. The van der Waals surface area contributed by atoms with Gasteiger partial charge in [0.2, 0.25) is 0 Å². The van der Waals surface area contributed by atoms with Crippen LogP contribution in [-0.4, -0.2) is 4.98 Å². The summed E-state index contributed by atoms with van der Waals surface area (Å²) in [5.74, 6) is 0. The number of fused-ring (bicyclic) bond motifs is 1. The zero-order chi connectivity index (χ0) is 6.97. The van der Waals surface area contributed by atoms with Crippen molar-refractivity contribution in [2.45, 2.75) is 6.92 Å². The lowest BCUT2D eigenvalue weighted by molar-refractivity contribution is 0.572. The zero-order valence-corrected chi connectivity index (χ0v) is 5.66. The maximum absolute atomic E-state index is 5.01. The van der Waals surface area contributed by atoms with Crippen LogP contribution >= 0.6 is 0 Å². The molecule has 10 heavy (non-hydrogen) atoms. The topological polar surface area (TPSA) is 26.0 Å². The fourth-order valence-electron chi connectivity index (χ4n) is 1.03. The zero-order valence-electron chi connectivity index (χ0n) is 5.66. The van der Waals surface area contributed by atoms with E-state index in [-0.39, 0.29) is 0 Å². The molecule has 2 aromatic rings. The minimum atomic E-state index is 1.02. The highest BCUT2D eigenvalue weighted by atomic mass is 16.3. The van der Waals surface area contributed by atoms with E-state index in [9.17, 15) is 0 Å². The minimum Gasteiger partial charge on any atom is -0.471 e. The van der Waals surface area contributed by atoms with Crippen molar-refractivity contribution in [3.05, 3.63) is 30.5 Å². The second-order valence-corrected chi connectivity index (χ2v) is 2.27. The van der Waals surface area contributed by atoms with Gasteiger partial charge < -0.3 is 4.42 Å². The largest absolute Gasteiger partial charge is 0.471 e. The second-order valence-electron chi connectivity index (χ2n) is 2.27. The lowest BCUT2D eigenvalue weighted by atomic mass is 10.2. The average Bonchev–Trinajstić information content (AvgIpc) is 2.36. The number of hydrogen-bond acceptors (Lipinski definition) is 2. The van der Waals surface area contributed by atoms with Gasteiger partial charge in [-0.2, -0.15) is 0 Å². The van der Waals surface area contributed by atoms with Crippen molar-refractivity contribution < 1.29 is 4.42 Å². The van der Waals surface area contributed by atoms with Gasteiger partial charge in [0.05, 0.1) is 12.5 Å².